The zero-order valence-corrected chi connectivity index (χ0v) is 17.9. The molecule has 0 radical (unpaired) electrons. The number of benzene rings is 1. The van der Waals surface area contributed by atoms with E-state index in [0.717, 1.165) is 18.0 Å². The van der Waals surface area contributed by atoms with Gasteiger partial charge in [-0.3, -0.25) is 14.9 Å². The number of alkyl halides is 3. The molecular formula is C20H18ClF3N4O3S. The Hall–Kier alpha value is -2.92. The molecule has 3 rings (SSSR count). The predicted molar refractivity (Wildman–Crippen MR) is 115 cm³/mol. The summed E-state index contributed by atoms with van der Waals surface area (Å²) >= 11 is 7.06. The van der Waals surface area contributed by atoms with E-state index in [1.165, 1.54) is 30.5 Å². The third kappa shape index (κ3) is 6.07. The van der Waals surface area contributed by atoms with Crippen LogP contribution in [0, 0.1) is 10.8 Å². The molecule has 170 valence electrons. The number of carbonyl (C=O) groups is 1. The lowest BCUT2D eigenvalue weighted by atomic mass is 10.1. The second-order valence-electron chi connectivity index (χ2n) is 6.97. The minimum atomic E-state index is -4.34. The quantitative estimate of drug-likeness (QED) is 0.178. The highest BCUT2D eigenvalue weighted by atomic mass is 35.5. The van der Waals surface area contributed by atoms with Gasteiger partial charge in [0.15, 0.2) is 0 Å². The minimum absolute atomic E-state index is 0.000413. The van der Waals surface area contributed by atoms with Gasteiger partial charge in [-0.2, -0.15) is 13.2 Å². The molecule has 1 aromatic carbocycles. The number of hydrogen-bond acceptors (Lipinski definition) is 7. The van der Waals surface area contributed by atoms with Gasteiger partial charge in [0.2, 0.25) is 5.90 Å². The minimum Gasteiger partial charge on any atom is -0.508 e. The van der Waals surface area contributed by atoms with Crippen LogP contribution in [0.1, 0.15) is 23.2 Å². The molecule has 4 N–H and O–H groups in total. The van der Waals surface area contributed by atoms with Gasteiger partial charge in [0, 0.05) is 17.2 Å². The van der Waals surface area contributed by atoms with E-state index in [-0.39, 0.29) is 35.1 Å². The van der Waals surface area contributed by atoms with Crippen molar-refractivity contribution in [1.29, 1.82) is 5.41 Å². The number of pyridine rings is 1. The average Bonchev–Trinajstić information content (AvgIpc) is 3.52. The monoisotopic (exact) mass is 486 g/mol. The summed E-state index contributed by atoms with van der Waals surface area (Å²) in [6, 6.07) is 9.24. The number of carbonyl (C=O) groups excluding carboxylic acids is 1. The van der Waals surface area contributed by atoms with E-state index in [4.69, 9.17) is 21.7 Å². The number of aromatic hydroxyl groups is 1. The average molecular weight is 487 g/mol. The Kier molecular flexibility index (Phi) is 7.19. The van der Waals surface area contributed by atoms with Crippen molar-refractivity contribution in [2.75, 3.05) is 11.9 Å². The Morgan fingerprint density at radius 2 is 2.09 bits per heavy atom. The van der Waals surface area contributed by atoms with Gasteiger partial charge in [0.05, 0.1) is 5.56 Å². The molecule has 1 aliphatic carbocycles. The van der Waals surface area contributed by atoms with Crippen molar-refractivity contribution in [3.8, 4) is 5.75 Å². The Balaban J connectivity index is 1.49. The molecule has 7 nitrogen and oxygen atoms in total. The number of hydrogen-bond donors (Lipinski definition) is 4. The molecular weight excluding hydrogens is 469 g/mol. The molecule has 1 aromatic heterocycles. The lowest BCUT2D eigenvalue weighted by Crippen LogP contribution is -2.30. The maximum atomic E-state index is 12.9. The number of aromatic nitrogens is 1. The highest BCUT2D eigenvalue weighted by Gasteiger charge is 2.63. The van der Waals surface area contributed by atoms with Crippen LogP contribution in [-0.4, -0.2) is 34.7 Å². The second kappa shape index (κ2) is 9.70. The number of rotatable bonds is 8. The number of nitrogens with one attached hydrogen (secondary N) is 3. The second-order valence-corrected chi connectivity index (χ2v) is 8.21. The molecule has 0 aliphatic heterocycles. The molecule has 1 saturated carbocycles. The highest BCUT2D eigenvalue weighted by Crippen LogP contribution is 2.57. The fourth-order valence-corrected chi connectivity index (χ4v) is 3.41. The predicted octanol–water partition coefficient (Wildman–Crippen LogP) is 5.14. The van der Waals surface area contributed by atoms with Crippen LogP contribution < -0.4 is 10.0 Å². The first-order valence-electron chi connectivity index (χ1n) is 9.24. The Labute approximate surface area is 190 Å². The maximum Gasteiger partial charge on any atom is 0.397 e. The molecule has 12 heteroatoms. The van der Waals surface area contributed by atoms with Crippen LogP contribution in [0.3, 0.4) is 0 Å². The summed E-state index contributed by atoms with van der Waals surface area (Å²) in [6.07, 6.45) is -1.92. The number of halogens is 4. The third-order valence-electron chi connectivity index (χ3n) is 4.60. The molecule has 0 atom stereocenters. The summed E-state index contributed by atoms with van der Waals surface area (Å²) in [5.74, 6) is -0.602. The summed E-state index contributed by atoms with van der Waals surface area (Å²) < 4.78 is 46.1. The molecule has 0 spiro atoms. The molecule has 0 bridgehead atoms. The molecule has 32 heavy (non-hydrogen) atoms. The standard InChI is InChI=1S/C20H18ClF3N4O3S/c21-17-14(18(30)28-32-13-3-1-2-12(29)10-13)4-5-16(27-17)26-9-6-15(25)31-11-19(7-8-19)20(22,23)24/h1-6,9-10,25,29H,7-8,11H2,(H,26,27)(H,28,30)/b9-6-,25-15?. The first-order chi connectivity index (χ1) is 15.1. The number of amides is 1. The summed E-state index contributed by atoms with van der Waals surface area (Å²) in [6.45, 7) is -0.589. The van der Waals surface area contributed by atoms with E-state index in [9.17, 15) is 23.1 Å². The molecule has 0 saturated heterocycles. The van der Waals surface area contributed by atoms with E-state index in [0.29, 0.717) is 4.90 Å². The van der Waals surface area contributed by atoms with E-state index in [1.54, 1.807) is 12.1 Å². The Morgan fingerprint density at radius 3 is 2.72 bits per heavy atom. The van der Waals surface area contributed by atoms with Crippen LogP contribution in [0.15, 0.2) is 53.6 Å². The van der Waals surface area contributed by atoms with Gasteiger partial charge in [-0.1, -0.05) is 17.7 Å². The van der Waals surface area contributed by atoms with Crippen LogP contribution in [0.25, 0.3) is 0 Å². The lowest BCUT2D eigenvalue weighted by Gasteiger charge is -2.18. The molecule has 1 fully saturated rings. The van der Waals surface area contributed by atoms with Crippen molar-refractivity contribution >= 4 is 41.2 Å². The zero-order chi connectivity index (χ0) is 23.4. The summed E-state index contributed by atoms with van der Waals surface area (Å²) in [5, 5.41) is 19.7. The molecule has 0 unspecified atom stereocenters. The van der Waals surface area contributed by atoms with Crippen LogP contribution in [-0.2, 0) is 4.74 Å². The van der Waals surface area contributed by atoms with Gasteiger partial charge >= 0.3 is 6.18 Å². The summed E-state index contributed by atoms with van der Waals surface area (Å²) in [7, 11) is 0. The number of nitrogens with zero attached hydrogens (tertiary/aromatic N) is 1. The smallest absolute Gasteiger partial charge is 0.397 e. The van der Waals surface area contributed by atoms with Gasteiger partial charge in [-0.25, -0.2) is 4.98 Å². The number of ether oxygens (including phenoxy) is 1. The van der Waals surface area contributed by atoms with Crippen molar-refractivity contribution in [2.24, 2.45) is 5.41 Å². The van der Waals surface area contributed by atoms with Gasteiger partial charge < -0.3 is 15.2 Å². The van der Waals surface area contributed by atoms with E-state index in [1.807, 2.05) is 0 Å². The Morgan fingerprint density at radius 1 is 1.34 bits per heavy atom. The largest absolute Gasteiger partial charge is 0.508 e. The number of anilines is 1. The third-order valence-corrected chi connectivity index (χ3v) is 5.66. The maximum absolute atomic E-state index is 12.9. The van der Waals surface area contributed by atoms with Gasteiger partial charge in [-0.15, -0.1) is 0 Å². The van der Waals surface area contributed by atoms with Crippen molar-refractivity contribution in [3.05, 3.63) is 59.4 Å². The van der Waals surface area contributed by atoms with E-state index >= 15 is 0 Å². The molecule has 1 heterocycles. The lowest BCUT2D eigenvalue weighted by molar-refractivity contribution is -0.195. The van der Waals surface area contributed by atoms with Crippen molar-refractivity contribution in [1.82, 2.24) is 9.71 Å². The van der Waals surface area contributed by atoms with Crippen molar-refractivity contribution in [2.45, 2.75) is 23.9 Å². The van der Waals surface area contributed by atoms with Crippen molar-refractivity contribution in [3.63, 3.8) is 0 Å². The molecule has 1 aliphatic rings. The number of phenolic OH excluding ortho intramolecular Hbond substituents is 1. The van der Waals surface area contributed by atoms with Crippen LogP contribution >= 0.6 is 23.5 Å². The topological polar surface area (TPSA) is 107 Å². The summed E-state index contributed by atoms with van der Waals surface area (Å²) in [4.78, 5) is 16.9. The first kappa shape index (κ1) is 23.7. The fraction of sp³-hybridized carbons (Fsp3) is 0.250. The van der Waals surface area contributed by atoms with E-state index in [2.05, 4.69) is 15.0 Å². The fourth-order valence-electron chi connectivity index (χ4n) is 2.52. The first-order valence-corrected chi connectivity index (χ1v) is 10.4. The van der Waals surface area contributed by atoms with Crippen molar-refractivity contribution < 1.29 is 27.8 Å². The normalized spacial score (nSPS) is 14.8. The van der Waals surface area contributed by atoms with Gasteiger partial charge in [0.25, 0.3) is 5.91 Å². The van der Waals surface area contributed by atoms with Gasteiger partial charge in [0.1, 0.15) is 28.7 Å². The molecule has 1 amide bonds. The van der Waals surface area contributed by atoms with Crippen LogP contribution in [0.4, 0.5) is 19.0 Å². The van der Waals surface area contributed by atoms with Crippen LogP contribution in [0.2, 0.25) is 5.15 Å². The summed E-state index contributed by atoms with van der Waals surface area (Å²) in [5.41, 5.74) is -1.72. The SMILES string of the molecule is N=C(/C=C\Nc1ccc(C(=O)NSc2cccc(O)c2)c(Cl)n1)OCC1(C(F)(F)F)CC1. The zero-order valence-electron chi connectivity index (χ0n) is 16.4. The molecule has 2 aromatic rings. The van der Waals surface area contributed by atoms with E-state index < -0.39 is 30.0 Å². The van der Waals surface area contributed by atoms with Gasteiger partial charge in [-0.05, 0) is 55.1 Å². The Bertz CT molecular complexity index is 1040. The number of phenols is 1. The highest BCUT2D eigenvalue weighted by molar-refractivity contribution is 7.98. The van der Waals surface area contributed by atoms with Crippen LogP contribution in [0.5, 0.6) is 5.75 Å².